The Labute approximate surface area is 628 Å². The molecule has 11 nitrogen and oxygen atoms in total. The van der Waals surface area contributed by atoms with Gasteiger partial charge in [0.15, 0.2) is 33.6 Å². The molecular formula is C95H57Cl2N11. The minimum absolute atomic E-state index is 0.0707. The molecule has 0 atom stereocenters. The Kier molecular flexibility index (Phi) is 15.2. The molecule has 0 radical (unpaired) electrons. The van der Waals surface area contributed by atoms with Crippen molar-refractivity contribution < 1.29 is 0 Å². The van der Waals surface area contributed by atoms with E-state index in [-0.39, 0.29) is 15.9 Å². The molecule has 0 unspecified atom stereocenters. The van der Waals surface area contributed by atoms with Gasteiger partial charge in [0, 0.05) is 82.1 Å². The quantitative estimate of drug-likeness (QED) is 0.146. The first-order valence-electron chi connectivity index (χ1n) is 35.7. The Morgan fingerprint density at radius 1 is 0.259 bits per heavy atom. The zero-order chi connectivity index (χ0) is 72.1. The van der Waals surface area contributed by atoms with Gasteiger partial charge in [-0.15, -0.1) is 0 Å². The van der Waals surface area contributed by atoms with Crippen LogP contribution in [0.1, 0.15) is 22.3 Å². The van der Waals surface area contributed by atoms with Crippen molar-refractivity contribution in [2.24, 2.45) is 0 Å². The smallest absolute Gasteiger partial charge is 0.164 e. The highest BCUT2D eigenvalue weighted by atomic mass is 35.5. The summed E-state index contributed by atoms with van der Waals surface area (Å²) < 4.78 is 11.5. The lowest BCUT2D eigenvalue weighted by molar-refractivity contribution is 0.982. The van der Waals surface area contributed by atoms with E-state index >= 15 is 0 Å². The molecule has 22 rings (SSSR count). The van der Waals surface area contributed by atoms with Crippen LogP contribution in [0.5, 0.6) is 0 Å². The number of fused-ring (bicyclic) bond motifs is 21. The normalized spacial score (nSPS) is 11.7. The van der Waals surface area contributed by atoms with Crippen molar-refractivity contribution in [2.75, 3.05) is 0 Å². The fraction of sp³-hybridized carbons (Fsp3) is 0.0105. The van der Waals surface area contributed by atoms with Gasteiger partial charge in [-0.25, -0.2) is 19.9 Å². The number of nitriles is 2. The summed E-state index contributed by atoms with van der Waals surface area (Å²) in [5.74, 6) is 1.98. The minimum Gasteiger partial charge on any atom is -0.309 e. The van der Waals surface area contributed by atoms with Gasteiger partial charge in [0.1, 0.15) is 23.3 Å². The van der Waals surface area contributed by atoms with Crippen LogP contribution in [-0.2, 0) is 6.42 Å². The van der Waals surface area contributed by atoms with E-state index < -0.39 is 0 Å². The van der Waals surface area contributed by atoms with Crippen molar-refractivity contribution in [3.8, 4) is 74.7 Å². The van der Waals surface area contributed by atoms with Crippen molar-refractivity contribution in [3.05, 3.63) is 366 Å². The molecule has 1 aliphatic carbocycles. The molecule has 108 heavy (non-hydrogen) atoms. The van der Waals surface area contributed by atoms with Crippen LogP contribution >= 0.6 is 23.2 Å². The molecular weight excluding hydrogens is 1370 g/mol. The Balaban J connectivity index is 0.000000148. The van der Waals surface area contributed by atoms with Gasteiger partial charge in [-0.3, -0.25) is 9.13 Å². The Morgan fingerprint density at radius 3 is 0.944 bits per heavy atom. The Bertz CT molecular complexity index is 7030. The van der Waals surface area contributed by atoms with Gasteiger partial charge in [-0.05, 0) is 126 Å². The molecule has 0 fully saturated rings. The van der Waals surface area contributed by atoms with Crippen LogP contribution in [0.15, 0.2) is 334 Å². The van der Waals surface area contributed by atoms with Gasteiger partial charge in [0.25, 0.3) is 0 Å². The van der Waals surface area contributed by atoms with Crippen LogP contribution < -0.4 is 0 Å². The zero-order valence-corrected chi connectivity index (χ0v) is 59.1. The monoisotopic (exact) mass is 1420 g/mol. The average Bonchev–Trinajstić information content (AvgIpc) is 1.55. The lowest BCUT2D eigenvalue weighted by atomic mass is 9.99. The van der Waals surface area contributed by atoms with Crippen LogP contribution in [0.4, 0.5) is 0 Å². The number of benzene rings is 14. The number of hydrogen-bond acceptors (Lipinski definition) is 6. The largest absolute Gasteiger partial charge is 0.309 e. The van der Waals surface area contributed by atoms with Gasteiger partial charge in [0.05, 0.1) is 55.2 Å². The fourth-order valence-corrected chi connectivity index (χ4v) is 17.0. The topological polar surface area (TPSA) is 124 Å². The molecule has 0 bridgehead atoms. The zero-order valence-electron chi connectivity index (χ0n) is 57.6. The van der Waals surface area contributed by atoms with E-state index in [1.54, 1.807) is 0 Å². The van der Waals surface area contributed by atoms with Gasteiger partial charge in [-0.2, -0.15) is 10.5 Å². The molecule has 0 saturated carbocycles. The second-order valence-corrected chi connectivity index (χ2v) is 27.5. The highest BCUT2D eigenvalue weighted by Gasteiger charge is 2.30. The summed E-state index contributed by atoms with van der Waals surface area (Å²) in [5, 5.41) is 32.3. The first kappa shape index (κ1) is 63.5. The van der Waals surface area contributed by atoms with Crippen LogP contribution in [0.3, 0.4) is 0 Å². The SMILES string of the molecule is N#Cc1c(-n2c3ccccc3c3c4c5ccccc5n(-c5ccccc5)c4ccc32)nc(-c2ccccc2)nc1-n1c2ccccc2c2c3c4ccccc4n(-c4ccccc4)c3ccc21.N#Cc1c(Cl)nc(-c2ccccc2)nc1Cl.c1ccc(-n2c3ccccc3c3c4c(ccc32)Cc2ccccc2-4)cc1. The lowest BCUT2D eigenvalue weighted by Gasteiger charge is -2.16. The minimum atomic E-state index is 0.0707. The summed E-state index contributed by atoms with van der Waals surface area (Å²) in [6.07, 6.45) is 1.03. The number of para-hydroxylation sites is 8. The molecule has 0 N–H and O–H groups in total. The van der Waals surface area contributed by atoms with Gasteiger partial charge >= 0.3 is 0 Å². The lowest BCUT2D eigenvalue weighted by Crippen LogP contribution is -2.10. The Hall–Kier alpha value is -14.2. The van der Waals surface area contributed by atoms with Crippen molar-refractivity contribution >= 4 is 132 Å². The second-order valence-electron chi connectivity index (χ2n) is 26.8. The van der Waals surface area contributed by atoms with Crippen LogP contribution in [0.2, 0.25) is 10.3 Å². The molecule has 506 valence electrons. The number of aromatic nitrogens is 9. The number of nitrogens with zero attached hydrogens (tertiary/aromatic N) is 11. The predicted molar refractivity (Wildman–Crippen MR) is 441 cm³/mol. The van der Waals surface area contributed by atoms with Crippen LogP contribution in [0.25, 0.3) is 172 Å². The van der Waals surface area contributed by atoms with E-state index in [4.69, 9.17) is 38.4 Å². The first-order chi connectivity index (χ1) is 53.4. The molecule has 0 saturated heterocycles. The summed E-state index contributed by atoms with van der Waals surface area (Å²) >= 11 is 11.7. The standard InChI is InChI=1S/C59H35N7.C25H17N.C11H5Cl2N3/c60-36-44-58(65-47-30-16-12-26-42(47)55-51(65)34-32-49-53(55)40-24-10-14-28-45(40)63(49)38-20-6-2-7-21-38)61-57(37-18-4-1-5-19-37)62-59(44)66-48-31-17-13-27-43(48)56-52(66)35-33-50-54(56)41-25-11-15-29-46(41)64(50)39-22-8-3-9-23-39;1-2-9-19(10-3-1)26-22-13-7-6-12-21(22)25-23(26)15-14-18-16-17-8-4-5-11-20(17)24(18)25;12-9-8(6-14)10(13)16-11(15-9)7-4-2-1-3-5-7/h1-35H;1-15H,16H2;1-5H. The van der Waals surface area contributed by atoms with E-state index in [9.17, 15) is 5.26 Å². The van der Waals surface area contributed by atoms with Gasteiger partial charge in [-0.1, -0.05) is 260 Å². The highest BCUT2D eigenvalue weighted by Crippen LogP contribution is 2.48. The highest BCUT2D eigenvalue weighted by molar-refractivity contribution is 6.35. The molecule has 21 aromatic rings. The van der Waals surface area contributed by atoms with Gasteiger partial charge in [0.2, 0.25) is 0 Å². The summed E-state index contributed by atoms with van der Waals surface area (Å²) in [6, 6.07) is 121. The molecule has 0 aliphatic heterocycles. The molecule has 13 heteroatoms. The van der Waals surface area contributed by atoms with Gasteiger partial charge < -0.3 is 13.7 Å². The van der Waals surface area contributed by atoms with E-state index in [2.05, 4.69) is 312 Å². The third-order valence-electron chi connectivity index (χ3n) is 21.0. The molecule has 7 aromatic heterocycles. The van der Waals surface area contributed by atoms with Crippen LogP contribution in [0, 0.1) is 22.7 Å². The fourth-order valence-electron chi connectivity index (χ4n) is 16.5. The average molecular weight is 1420 g/mol. The maximum Gasteiger partial charge on any atom is 0.164 e. The van der Waals surface area contributed by atoms with E-state index in [0.29, 0.717) is 28.8 Å². The first-order valence-corrected chi connectivity index (χ1v) is 36.4. The van der Waals surface area contributed by atoms with Crippen molar-refractivity contribution in [2.45, 2.75) is 6.42 Å². The van der Waals surface area contributed by atoms with Crippen LogP contribution in [-0.4, -0.2) is 42.8 Å². The molecule has 7 heterocycles. The second kappa shape index (κ2) is 25.9. The maximum absolute atomic E-state index is 11.7. The predicted octanol–water partition coefficient (Wildman–Crippen LogP) is 24.1. The van der Waals surface area contributed by atoms with E-state index in [1.165, 1.54) is 49.7 Å². The molecule has 14 aromatic carbocycles. The molecule has 0 spiro atoms. The summed E-state index contributed by atoms with van der Waals surface area (Å²) in [4.78, 5) is 18.9. The van der Waals surface area contributed by atoms with E-state index in [0.717, 1.165) is 116 Å². The maximum atomic E-state index is 11.7. The summed E-state index contributed by atoms with van der Waals surface area (Å²) in [5.41, 5.74) is 22.1. The third-order valence-corrected chi connectivity index (χ3v) is 21.5. The number of halogens is 2. The van der Waals surface area contributed by atoms with Crippen molar-refractivity contribution in [1.29, 1.82) is 10.5 Å². The number of rotatable bonds is 7. The Morgan fingerprint density at radius 2 is 0.556 bits per heavy atom. The van der Waals surface area contributed by atoms with Crippen molar-refractivity contribution in [3.63, 3.8) is 0 Å². The third kappa shape index (κ3) is 10.0. The summed E-state index contributed by atoms with van der Waals surface area (Å²) in [6.45, 7) is 0. The number of hydrogen-bond donors (Lipinski definition) is 0. The van der Waals surface area contributed by atoms with Crippen molar-refractivity contribution in [1.82, 2.24) is 42.8 Å². The summed E-state index contributed by atoms with van der Waals surface area (Å²) in [7, 11) is 0. The van der Waals surface area contributed by atoms with E-state index in [1.807, 2.05) is 66.7 Å². The molecule has 0 amide bonds. The molecule has 1 aliphatic rings.